The number of ether oxygens (including phenoxy) is 2. The summed E-state index contributed by atoms with van der Waals surface area (Å²) >= 11 is 0. The molecule has 0 bridgehead atoms. The molecule has 2 rings (SSSR count). The van der Waals surface area contributed by atoms with Crippen LogP contribution in [0.15, 0.2) is 24.3 Å². The average molecular weight is 275 g/mol. The van der Waals surface area contributed by atoms with Crippen molar-refractivity contribution in [3.63, 3.8) is 0 Å². The lowest BCUT2D eigenvalue weighted by Crippen LogP contribution is -2.34. The molecule has 0 aromatic heterocycles. The molecular formula is C16H21NO3. The van der Waals surface area contributed by atoms with Crippen LogP contribution in [0.3, 0.4) is 0 Å². The number of benzene rings is 1. The smallest absolute Gasteiger partial charge is 0.246 e. The molecule has 0 atom stereocenters. The summed E-state index contributed by atoms with van der Waals surface area (Å²) in [5, 5.41) is 0. The average Bonchev–Trinajstić information content (AvgIpc) is 2.53. The molecule has 1 aromatic rings. The Morgan fingerprint density at radius 2 is 1.90 bits per heavy atom. The van der Waals surface area contributed by atoms with Crippen LogP contribution in [-0.4, -0.2) is 38.1 Å². The van der Waals surface area contributed by atoms with E-state index in [0.29, 0.717) is 5.75 Å². The fourth-order valence-electron chi connectivity index (χ4n) is 2.34. The summed E-state index contributed by atoms with van der Waals surface area (Å²) in [5.41, 5.74) is 0.874. The van der Waals surface area contributed by atoms with Gasteiger partial charge in [-0.3, -0.25) is 4.79 Å². The van der Waals surface area contributed by atoms with Gasteiger partial charge in [0.1, 0.15) is 11.5 Å². The summed E-state index contributed by atoms with van der Waals surface area (Å²) in [5.74, 6) is 1.51. The first-order valence-electron chi connectivity index (χ1n) is 6.93. The van der Waals surface area contributed by atoms with Gasteiger partial charge in [0.05, 0.1) is 14.2 Å². The van der Waals surface area contributed by atoms with Gasteiger partial charge in [0, 0.05) is 30.8 Å². The first-order chi connectivity index (χ1) is 9.74. The predicted octanol–water partition coefficient (Wildman–Crippen LogP) is 2.73. The molecule has 20 heavy (non-hydrogen) atoms. The molecule has 1 fully saturated rings. The van der Waals surface area contributed by atoms with Crippen molar-refractivity contribution in [1.82, 2.24) is 4.90 Å². The Bertz CT molecular complexity index is 490. The van der Waals surface area contributed by atoms with Gasteiger partial charge >= 0.3 is 0 Å². The van der Waals surface area contributed by atoms with Gasteiger partial charge in [0.15, 0.2) is 0 Å². The molecule has 0 aliphatic carbocycles. The molecule has 1 aliphatic heterocycles. The Morgan fingerprint density at radius 1 is 1.15 bits per heavy atom. The summed E-state index contributed by atoms with van der Waals surface area (Å²) in [7, 11) is 3.22. The van der Waals surface area contributed by atoms with Crippen molar-refractivity contribution in [2.24, 2.45) is 0 Å². The second-order valence-electron chi connectivity index (χ2n) is 4.83. The van der Waals surface area contributed by atoms with E-state index in [0.717, 1.165) is 37.2 Å². The Hall–Kier alpha value is -1.97. The normalized spacial score (nSPS) is 15.4. The molecule has 1 saturated heterocycles. The Kier molecular flexibility index (Phi) is 5.04. The molecule has 4 heteroatoms. The molecule has 1 aliphatic rings. The van der Waals surface area contributed by atoms with Crippen molar-refractivity contribution in [3.8, 4) is 11.5 Å². The lowest BCUT2D eigenvalue weighted by molar-refractivity contribution is -0.126. The van der Waals surface area contributed by atoms with Crippen molar-refractivity contribution >= 4 is 12.0 Å². The lowest BCUT2D eigenvalue weighted by Gasteiger charge is -2.25. The maximum atomic E-state index is 12.1. The SMILES string of the molecule is COc1ccc(C=CC(=O)N2CCCCC2)c(OC)c1. The van der Waals surface area contributed by atoms with Gasteiger partial charge in [0.25, 0.3) is 0 Å². The quantitative estimate of drug-likeness (QED) is 0.793. The van der Waals surface area contributed by atoms with Crippen LogP contribution in [0.1, 0.15) is 24.8 Å². The minimum Gasteiger partial charge on any atom is -0.497 e. The molecular weight excluding hydrogens is 254 g/mol. The van der Waals surface area contributed by atoms with Gasteiger partial charge in [-0.1, -0.05) is 0 Å². The standard InChI is InChI=1S/C16H21NO3/c1-19-14-8-6-13(15(12-14)20-2)7-9-16(18)17-10-4-3-5-11-17/h6-9,12H,3-5,10-11H2,1-2H3. The van der Waals surface area contributed by atoms with Crippen LogP contribution in [-0.2, 0) is 4.79 Å². The Morgan fingerprint density at radius 3 is 2.55 bits per heavy atom. The van der Waals surface area contributed by atoms with E-state index in [2.05, 4.69) is 0 Å². The summed E-state index contributed by atoms with van der Waals surface area (Å²) < 4.78 is 10.5. The Labute approximate surface area is 120 Å². The third kappa shape index (κ3) is 3.53. The first-order valence-corrected chi connectivity index (χ1v) is 6.93. The van der Waals surface area contributed by atoms with Gasteiger partial charge in [-0.05, 0) is 37.5 Å². The van der Waals surface area contributed by atoms with Crippen LogP contribution in [0, 0.1) is 0 Å². The van der Waals surface area contributed by atoms with E-state index in [1.165, 1.54) is 6.42 Å². The topological polar surface area (TPSA) is 38.8 Å². The van der Waals surface area contributed by atoms with Crippen molar-refractivity contribution in [2.75, 3.05) is 27.3 Å². The molecule has 4 nitrogen and oxygen atoms in total. The third-order valence-electron chi connectivity index (χ3n) is 3.51. The molecule has 1 heterocycles. The molecule has 0 saturated carbocycles. The van der Waals surface area contributed by atoms with Gasteiger partial charge in [-0.2, -0.15) is 0 Å². The van der Waals surface area contributed by atoms with Crippen LogP contribution < -0.4 is 9.47 Å². The summed E-state index contributed by atoms with van der Waals surface area (Å²) in [4.78, 5) is 14.0. The van der Waals surface area contributed by atoms with Gasteiger partial charge in [0.2, 0.25) is 5.91 Å². The van der Waals surface area contributed by atoms with Crippen molar-refractivity contribution in [2.45, 2.75) is 19.3 Å². The highest BCUT2D eigenvalue weighted by atomic mass is 16.5. The molecule has 0 spiro atoms. The molecule has 1 amide bonds. The van der Waals surface area contributed by atoms with Crippen molar-refractivity contribution in [3.05, 3.63) is 29.8 Å². The highest BCUT2D eigenvalue weighted by molar-refractivity contribution is 5.92. The van der Waals surface area contributed by atoms with Crippen LogP contribution in [0.2, 0.25) is 0 Å². The number of nitrogens with zero attached hydrogens (tertiary/aromatic N) is 1. The zero-order chi connectivity index (χ0) is 14.4. The van der Waals surface area contributed by atoms with Crippen molar-refractivity contribution in [1.29, 1.82) is 0 Å². The van der Waals surface area contributed by atoms with Gasteiger partial charge < -0.3 is 14.4 Å². The number of methoxy groups -OCH3 is 2. The molecule has 108 valence electrons. The first kappa shape index (κ1) is 14.4. The maximum Gasteiger partial charge on any atom is 0.246 e. The number of hydrogen-bond donors (Lipinski definition) is 0. The number of hydrogen-bond acceptors (Lipinski definition) is 3. The fourth-order valence-corrected chi connectivity index (χ4v) is 2.34. The largest absolute Gasteiger partial charge is 0.497 e. The van der Waals surface area contributed by atoms with Gasteiger partial charge in [-0.25, -0.2) is 0 Å². The van der Waals surface area contributed by atoms with E-state index in [4.69, 9.17) is 9.47 Å². The number of carbonyl (C=O) groups is 1. The third-order valence-corrected chi connectivity index (χ3v) is 3.51. The molecule has 1 aromatic carbocycles. The molecule has 0 unspecified atom stereocenters. The zero-order valence-electron chi connectivity index (χ0n) is 12.1. The van der Waals surface area contributed by atoms with E-state index >= 15 is 0 Å². The lowest BCUT2D eigenvalue weighted by atomic mass is 10.1. The summed E-state index contributed by atoms with van der Waals surface area (Å²) in [6, 6.07) is 5.55. The summed E-state index contributed by atoms with van der Waals surface area (Å²) in [6.07, 6.45) is 6.85. The van der Waals surface area contributed by atoms with E-state index in [9.17, 15) is 4.79 Å². The van der Waals surface area contributed by atoms with Crippen LogP contribution in [0.25, 0.3) is 6.08 Å². The van der Waals surface area contributed by atoms with Crippen molar-refractivity contribution < 1.29 is 14.3 Å². The number of carbonyl (C=O) groups excluding carboxylic acids is 1. The maximum absolute atomic E-state index is 12.1. The second kappa shape index (κ2) is 6.98. The number of piperidine rings is 1. The molecule has 0 N–H and O–H groups in total. The minimum atomic E-state index is 0.0718. The highest BCUT2D eigenvalue weighted by Gasteiger charge is 2.13. The van der Waals surface area contributed by atoms with Crippen LogP contribution >= 0.6 is 0 Å². The van der Waals surface area contributed by atoms with E-state index in [1.807, 2.05) is 23.1 Å². The molecule has 0 radical (unpaired) electrons. The van der Waals surface area contributed by atoms with Gasteiger partial charge in [-0.15, -0.1) is 0 Å². The van der Waals surface area contributed by atoms with E-state index in [-0.39, 0.29) is 5.91 Å². The number of likely N-dealkylation sites (tertiary alicyclic amines) is 1. The van der Waals surface area contributed by atoms with E-state index < -0.39 is 0 Å². The predicted molar refractivity (Wildman–Crippen MR) is 79.0 cm³/mol. The highest BCUT2D eigenvalue weighted by Crippen LogP contribution is 2.25. The minimum absolute atomic E-state index is 0.0718. The fraction of sp³-hybridized carbons (Fsp3) is 0.438. The zero-order valence-corrected chi connectivity index (χ0v) is 12.1. The summed E-state index contributed by atoms with van der Waals surface area (Å²) in [6.45, 7) is 1.73. The number of amides is 1. The number of rotatable bonds is 4. The van der Waals surface area contributed by atoms with E-state index in [1.54, 1.807) is 26.4 Å². The monoisotopic (exact) mass is 275 g/mol. The second-order valence-corrected chi connectivity index (χ2v) is 4.83. The van der Waals surface area contributed by atoms with Crippen LogP contribution in [0.5, 0.6) is 11.5 Å². The van der Waals surface area contributed by atoms with Crippen LogP contribution in [0.4, 0.5) is 0 Å². The Balaban J connectivity index is 2.08.